The number of amides is 1. The van der Waals surface area contributed by atoms with Crippen LogP contribution in [0.15, 0.2) is 53.4 Å². The molecule has 30 heavy (non-hydrogen) atoms. The normalized spacial score (nSPS) is 11.8. The van der Waals surface area contributed by atoms with Crippen molar-refractivity contribution in [1.82, 2.24) is 9.29 Å². The Morgan fingerprint density at radius 1 is 1.10 bits per heavy atom. The Balaban J connectivity index is 1.77. The van der Waals surface area contributed by atoms with Crippen LogP contribution in [0.5, 0.6) is 0 Å². The lowest BCUT2D eigenvalue weighted by Gasteiger charge is -2.20. The van der Waals surface area contributed by atoms with Gasteiger partial charge >= 0.3 is 0 Å². The van der Waals surface area contributed by atoms with Crippen molar-refractivity contribution in [1.29, 1.82) is 0 Å². The van der Waals surface area contributed by atoms with Gasteiger partial charge < -0.3 is 0 Å². The molecule has 1 amide bonds. The molecule has 3 rings (SSSR count). The maximum atomic E-state index is 13.1. The number of rotatable bonds is 6. The second-order valence-electron chi connectivity index (χ2n) is 7.02. The second kappa shape index (κ2) is 8.63. The Morgan fingerprint density at radius 3 is 2.27 bits per heavy atom. The summed E-state index contributed by atoms with van der Waals surface area (Å²) >= 11 is 1.31. The van der Waals surface area contributed by atoms with E-state index in [1.165, 1.54) is 59.1 Å². The monoisotopic (exact) mass is 447 g/mol. The van der Waals surface area contributed by atoms with E-state index < -0.39 is 15.9 Å². The quantitative estimate of drug-likeness (QED) is 0.602. The summed E-state index contributed by atoms with van der Waals surface area (Å²) in [6.07, 6.45) is 0. The zero-order valence-electron chi connectivity index (χ0n) is 17.0. The Labute approximate surface area is 179 Å². The van der Waals surface area contributed by atoms with Crippen molar-refractivity contribution < 1.29 is 17.6 Å². The molecule has 0 saturated heterocycles. The fourth-order valence-electron chi connectivity index (χ4n) is 2.72. The topological polar surface area (TPSA) is 79.4 Å². The Bertz CT molecular complexity index is 1160. The van der Waals surface area contributed by atoms with Crippen LogP contribution in [0.25, 0.3) is 11.3 Å². The number of hydrogen-bond donors (Lipinski definition) is 1. The average molecular weight is 448 g/mol. The minimum atomic E-state index is -3.61. The fraction of sp³-hybridized carbons (Fsp3) is 0.238. The lowest BCUT2D eigenvalue weighted by molar-refractivity contribution is 0.102. The number of sulfonamides is 1. The van der Waals surface area contributed by atoms with E-state index in [1.54, 1.807) is 26.0 Å². The van der Waals surface area contributed by atoms with E-state index in [4.69, 9.17) is 0 Å². The maximum Gasteiger partial charge on any atom is 0.257 e. The van der Waals surface area contributed by atoms with Crippen molar-refractivity contribution in [2.24, 2.45) is 0 Å². The molecule has 0 saturated carbocycles. The first-order valence-corrected chi connectivity index (χ1v) is 11.5. The summed E-state index contributed by atoms with van der Waals surface area (Å²) in [7, 11) is -2.09. The maximum absolute atomic E-state index is 13.1. The van der Waals surface area contributed by atoms with Gasteiger partial charge in [-0.3, -0.25) is 10.1 Å². The Kier molecular flexibility index (Phi) is 6.35. The van der Waals surface area contributed by atoms with Crippen molar-refractivity contribution >= 4 is 32.4 Å². The van der Waals surface area contributed by atoms with Gasteiger partial charge in [0.15, 0.2) is 5.13 Å². The number of thiazole rings is 1. The van der Waals surface area contributed by atoms with Gasteiger partial charge in [0.2, 0.25) is 10.0 Å². The molecule has 1 aromatic heterocycles. The number of nitrogens with one attached hydrogen (secondary N) is 1. The van der Waals surface area contributed by atoms with Gasteiger partial charge in [0.25, 0.3) is 5.91 Å². The number of carbonyl (C=O) groups is 1. The molecule has 158 valence electrons. The predicted octanol–water partition coefficient (Wildman–Crippen LogP) is 4.54. The molecule has 3 aromatic rings. The number of nitrogens with zero attached hydrogens (tertiary/aromatic N) is 2. The minimum absolute atomic E-state index is 0.124. The molecule has 0 aliphatic heterocycles. The summed E-state index contributed by atoms with van der Waals surface area (Å²) in [5, 5.41) is 3.14. The van der Waals surface area contributed by atoms with Gasteiger partial charge in [0, 0.05) is 29.1 Å². The van der Waals surface area contributed by atoms with Gasteiger partial charge in [0.1, 0.15) is 5.82 Å². The molecule has 0 aliphatic carbocycles. The number of hydrogen-bond acceptors (Lipinski definition) is 5. The molecule has 1 heterocycles. The number of aromatic nitrogens is 1. The van der Waals surface area contributed by atoms with Crippen LogP contribution in [0.4, 0.5) is 9.52 Å². The van der Waals surface area contributed by atoms with Crippen LogP contribution < -0.4 is 5.32 Å². The third-order valence-electron chi connectivity index (χ3n) is 4.66. The molecular formula is C21H22FN3O3S2. The van der Waals surface area contributed by atoms with Crippen LogP contribution in [0.2, 0.25) is 0 Å². The highest BCUT2D eigenvalue weighted by Crippen LogP contribution is 2.30. The van der Waals surface area contributed by atoms with Crippen LogP contribution >= 0.6 is 11.3 Å². The van der Waals surface area contributed by atoms with Gasteiger partial charge in [-0.2, -0.15) is 4.31 Å². The average Bonchev–Trinajstić information content (AvgIpc) is 3.07. The number of carbonyl (C=O) groups excluding carboxylic acids is 1. The SMILES string of the molecule is Cc1sc(NC(=O)c2ccc(S(=O)(=O)N(C)C(C)C)cc2)nc1-c1ccc(F)cc1. The first kappa shape index (κ1) is 22.1. The zero-order valence-corrected chi connectivity index (χ0v) is 18.6. The van der Waals surface area contributed by atoms with Gasteiger partial charge in [-0.25, -0.2) is 17.8 Å². The van der Waals surface area contributed by atoms with Crippen LogP contribution in [0.1, 0.15) is 29.1 Å². The summed E-state index contributed by atoms with van der Waals surface area (Å²) in [4.78, 5) is 18.0. The van der Waals surface area contributed by atoms with Gasteiger partial charge in [-0.15, -0.1) is 11.3 Å². The number of benzene rings is 2. The Hall–Kier alpha value is -2.62. The van der Waals surface area contributed by atoms with E-state index in [1.807, 2.05) is 6.92 Å². The van der Waals surface area contributed by atoms with Crippen LogP contribution in [-0.4, -0.2) is 36.7 Å². The van der Waals surface area contributed by atoms with Crippen molar-refractivity contribution in [3.05, 3.63) is 64.8 Å². The van der Waals surface area contributed by atoms with Gasteiger partial charge in [-0.1, -0.05) is 0 Å². The molecule has 2 aromatic carbocycles. The number of halogens is 1. The molecular weight excluding hydrogens is 425 g/mol. The molecule has 0 spiro atoms. The first-order valence-electron chi connectivity index (χ1n) is 9.22. The van der Waals surface area contributed by atoms with Crippen molar-refractivity contribution in [2.45, 2.75) is 31.7 Å². The molecule has 0 aliphatic rings. The van der Waals surface area contributed by atoms with Gasteiger partial charge in [-0.05, 0) is 69.3 Å². The predicted molar refractivity (Wildman–Crippen MR) is 117 cm³/mol. The molecule has 0 bridgehead atoms. The second-order valence-corrected chi connectivity index (χ2v) is 10.2. The van der Waals surface area contributed by atoms with E-state index in [-0.39, 0.29) is 16.8 Å². The van der Waals surface area contributed by atoms with E-state index >= 15 is 0 Å². The third kappa shape index (κ3) is 4.58. The minimum Gasteiger partial charge on any atom is -0.298 e. The van der Waals surface area contributed by atoms with Crippen molar-refractivity contribution in [2.75, 3.05) is 12.4 Å². The molecule has 0 fully saturated rings. The van der Waals surface area contributed by atoms with Crippen LogP contribution in [0.3, 0.4) is 0 Å². The summed E-state index contributed by atoms with van der Waals surface area (Å²) in [6, 6.07) is 11.6. The van der Waals surface area contributed by atoms with Gasteiger partial charge in [0.05, 0.1) is 10.6 Å². The molecule has 1 N–H and O–H groups in total. The summed E-state index contributed by atoms with van der Waals surface area (Å²) < 4.78 is 39.5. The molecule has 9 heteroatoms. The lowest BCUT2D eigenvalue weighted by Crippen LogP contribution is -2.33. The largest absolute Gasteiger partial charge is 0.298 e. The smallest absolute Gasteiger partial charge is 0.257 e. The summed E-state index contributed by atoms with van der Waals surface area (Å²) in [6.45, 7) is 5.45. The molecule has 0 atom stereocenters. The molecule has 0 unspecified atom stereocenters. The fourth-order valence-corrected chi connectivity index (χ4v) is 4.92. The standard InChI is InChI=1S/C21H22FN3O3S2/c1-13(2)25(4)30(27,28)18-11-7-16(8-12-18)20(26)24-21-23-19(14(3)29-21)15-5-9-17(22)10-6-15/h5-13H,1-4H3,(H,23,24,26). The third-order valence-corrected chi connectivity index (χ3v) is 7.59. The molecule has 0 radical (unpaired) electrons. The van der Waals surface area contributed by atoms with E-state index in [2.05, 4.69) is 10.3 Å². The highest BCUT2D eigenvalue weighted by Gasteiger charge is 2.23. The highest BCUT2D eigenvalue weighted by atomic mass is 32.2. The van der Waals surface area contributed by atoms with Crippen LogP contribution in [-0.2, 0) is 10.0 Å². The Morgan fingerprint density at radius 2 is 1.70 bits per heavy atom. The summed E-state index contributed by atoms with van der Waals surface area (Å²) in [5.41, 5.74) is 1.75. The first-order chi connectivity index (χ1) is 14.1. The van der Waals surface area contributed by atoms with Crippen molar-refractivity contribution in [3.63, 3.8) is 0 Å². The number of aryl methyl sites for hydroxylation is 1. The van der Waals surface area contributed by atoms with E-state index in [0.29, 0.717) is 16.4 Å². The number of anilines is 1. The summed E-state index contributed by atoms with van der Waals surface area (Å²) in [5.74, 6) is -0.722. The van der Waals surface area contributed by atoms with Crippen molar-refractivity contribution in [3.8, 4) is 11.3 Å². The lowest BCUT2D eigenvalue weighted by atomic mass is 10.1. The zero-order chi connectivity index (χ0) is 22.1. The van der Waals surface area contributed by atoms with Crippen LogP contribution in [0, 0.1) is 12.7 Å². The van der Waals surface area contributed by atoms with E-state index in [0.717, 1.165) is 10.4 Å². The molecule has 6 nitrogen and oxygen atoms in total. The highest BCUT2D eigenvalue weighted by molar-refractivity contribution is 7.89. The van der Waals surface area contributed by atoms with E-state index in [9.17, 15) is 17.6 Å².